The number of benzene rings is 1. The molecule has 0 fully saturated rings. The van der Waals surface area contributed by atoms with Crippen LogP contribution in [0.1, 0.15) is 30.0 Å². The quantitative estimate of drug-likeness (QED) is 0.792. The van der Waals surface area contributed by atoms with Crippen molar-refractivity contribution in [3.05, 3.63) is 23.3 Å². The van der Waals surface area contributed by atoms with Crippen molar-refractivity contribution >= 4 is 0 Å². The first-order valence-electron chi connectivity index (χ1n) is 5.82. The Morgan fingerprint density at radius 3 is 2.12 bits per heavy atom. The van der Waals surface area contributed by atoms with Crippen LogP contribution in [-0.4, -0.2) is 20.8 Å². The van der Waals surface area contributed by atoms with Crippen molar-refractivity contribution in [2.75, 3.05) is 20.8 Å². The molecule has 1 atom stereocenters. The number of nitrogens with two attached hydrogens (primary N) is 2. The van der Waals surface area contributed by atoms with Crippen molar-refractivity contribution in [3.63, 3.8) is 0 Å². The standard InChI is InChI=1S/C13H22N2O2/c1-9-7-11(16-2)13(12(8-9)17-3)10(15)5-4-6-14/h7-8,10H,4-6,14-15H2,1-3H3/t10-/m1/s1. The Labute approximate surface area is 103 Å². The Balaban J connectivity index is 3.09. The molecule has 0 aliphatic heterocycles. The summed E-state index contributed by atoms with van der Waals surface area (Å²) in [6.45, 7) is 2.64. The summed E-state index contributed by atoms with van der Waals surface area (Å²) >= 11 is 0. The molecule has 4 nitrogen and oxygen atoms in total. The average Bonchev–Trinajstić information content (AvgIpc) is 2.34. The maximum atomic E-state index is 6.17. The minimum atomic E-state index is -0.107. The molecule has 0 aliphatic carbocycles. The van der Waals surface area contributed by atoms with Crippen LogP contribution in [0.4, 0.5) is 0 Å². The average molecular weight is 238 g/mol. The molecule has 0 aromatic heterocycles. The van der Waals surface area contributed by atoms with Gasteiger partial charge >= 0.3 is 0 Å². The highest BCUT2D eigenvalue weighted by Gasteiger charge is 2.17. The van der Waals surface area contributed by atoms with Crippen LogP contribution in [0, 0.1) is 6.92 Å². The van der Waals surface area contributed by atoms with Crippen LogP contribution in [0.2, 0.25) is 0 Å². The van der Waals surface area contributed by atoms with Crippen LogP contribution in [0.25, 0.3) is 0 Å². The normalized spacial score (nSPS) is 12.3. The zero-order valence-corrected chi connectivity index (χ0v) is 10.8. The van der Waals surface area contributed by atoms with Crippen LogP contribution in [0.15, 0.2) is 12.1 Å². The van der Waals surface area contributed by atoms with Crippen molar-refractivity contribution in [3.8, 4) is 11.5 Å². The summed E-state index contributed by atoms with van der Waals surface area (Å²) in [5.74, 6) is 1.57. The van der Waals surface area contributed by atoms with E-state index in [9.17, 15) is 0 Å². The molecule has 0 saturated carbocycles. The summed E-state index contributed by atoms with van der Waals surface area (Å²) in [6, 6.07) is 3.84. The predicted molar refractivity (Wildman–Crippen MR) is 69.5 cm³/mol. The van der Waals surface area contributed by atoms with E-state index in [1.54, 1.807) is 14.2 Å². The molecule has 0 unspecified atom stereocenters. The highest BCUT2D eigenvalue weighted by molar-refractivity contribution is 5.49. The Kier molecular flexibility index (Phi) is 5.25. The van der Waals surface area contributed by atoms with E-state index in [0.29, 0.717) is 6.54 Å². The van der Waals surface area contributed by atoms with Crippen LogP contribution < -0.4 is 20.9 Å². The first-order chi connectivity index (χ1) is 8.13. The lowest BCUT2D eigenvalue weighted by Gasteiger charge is -2.19. The van der Waals surface area contributed by atoms with Crippen molar-refractivity contribution in [1.82, 2.24) is 0 Å². The zero-order valence-electron chi connectivity index (χ0n) is 10.8. The molecule has 1 aromatic rings. The number of hydrogen-bond acceptors (Lipinski definition) is 4. The van der Waals surface area contributed by atoms with E-state index in [1.807, 2.05) is 19.1 Å². The fourth-order valence-electron chi connectivity index (χ4n) is 1.92. The fourth-order valence-corrected chi connectivity index (χ4v) is 1.92. The molecule has 4 heteroatoms. The lowest BCUT2D eigenvalue weighted by Crippen LogP contribution is -2.15. The number of hydrogen-bond donors (Lipinski definition) is 2. The molecule has 17 heavy (non-hydrogen) atoms. The molecular weight excluding hydrogens is 216 g/mol. The van der Waals surface area contributed by atoms with Crippen LogP contribution >= 0.6 is 0 Å². The van der Waals surface area contributed by atoms with E-state index in [2.05, 4.69) is 0 Å². The van der Waals surface area contributed by atoms with Gasteiger partial charge in [-0.05, 0) is 44.0 Å². The second-order valence-electron chi connectivity index (χ2n) is 4.12. The number of aryl methyl sites for hydroxylation is 1. The second kappa shape index (κ2) is 6.47. The van der Waals surface area contributed by atoms with Gasteiger partial charge in [0.05, 0.1) is 19.8 Å². The van der Waals surface area contributed by atoms with E-state index < -0.39 is 0 Å². The first-order valence-corrected chi connectivity index (χ1v) is 5.82. The Bertz CT molecular complexity index is 341. The van der Waals surface area contributed by atoms with Gasteiger partial charge in [-0.25, -0.2) is 0 Å². The molecule has 0 aliphatic rings. The molecule has 0 amide bonds. The van der Waals surface area contributed by atoms with Gasteiger partial charge in [-0.1, -0.05) is 0 Å². The summed E-state index contributed by atoms with van der Waals surface area (Å²) in [6.07, 6.45) is 1.72. The summed E-state index contributed by atoms with van der Waals surface area (Å²) in [5.41, 5.74) is 13.7. The van der Waals surface area contributed by atoms with Gasteiger partial charge in [0.15, 0.2) is 0 Å². The minimum Gasteiger partial charge on any atom is -0.496 e. The molecule has 1 aromatic carbocycles. The Morgan fingerprint density at radius 1 is 1.18 bits per heavy atom. The van der Waals surface area contributed by atoms with Crippen molar-refractivity contribution in [1.29, 1.82) is 0 Å². The Morgan fingerprint density at radius 2 is 1.71 bits per heavy atom. The zero-order chi connectivity index (χ0) is 12.8. The highest BCUT2D eigenvalue weighted by atomic mass is 16.5. The lowest BCUT2D eigenvalue weighted by molar-refractivity contribution is 0.376. The van der Waals surface area contributed by atoms with Crippen molar-refractivity contribution in [2.45, 2.75) is 25.8 Å². The molecule has 0 heterocycles. The summed E-state index contributed by atoms with van der Waals surface area (Å²) in [5, 5.41) is 0. The van der Waals surface area contributed by atoms with Crippen molar-refractivity contribution < 1.29 is 9.47 Å². The van der Waals surface area contributed by atoms with Gasteiger partial charge in [-0.3, -0.25) is 0 Å². The fraction of sp³-hybridized carbons (Fsp3) is 0.538. The third-order valence-electron chi connectivity index (χ3n) is 2.78. The maximum absolute atomic E-state index is 6.17. The maximum Gasteiger partial charge on any atom is 0.127 e. The molecule has 0 radical (unpaired) electrons. The van der Waals surface area contributed by atoms with Gasteiger partial charge in [0.2, 0.25) is 0 Å². The predicted octanol–water partition coefficient (Wildman–Crippen LogP) is 1.75. The SMILES string of the molecule is COc1cc(C)cc(OC)c1[C@H](N)CCCN. The van der Waals surface area contributed by atoms with E-state index in [0.717, 1.165) is 35.5 Å². The first kappa shape index (κ1) is 13.8. The van der Waals surface area contributed by atoms with Crippen LogP contribution in [0.5, 0.6) is 11.5 Å². The van der Waals surface area contributed by atoms with Gasteiger partial charge in [-0.15, -0.1) is 0 Å². The van der Waals surface area contributed by atoms with E-state index in [-0.39, 0.29) is 6.04 Å². The smallest absolute Gasteiger partial charge is 0.127 e. The molecular formula is C13H22N2O2. The topological polar surface area (TPSA) is 70.5 Å². The largest absolute Gasteiger partial charge is 0.496 e. The minimum absolute atomic E-state index is 0.107. The van der Waals surface area contributed by atoms with Gasteiger partial charge in [0.1, 0.15) is 11.5 Å². The van der Waals surface area contributed by atoms with Gasteiger partial charge < -0.3 is 20.9 Å². The van der Waals surface area contributed by atoms with Gasteiger partial charge in [0, 0.05) is 6.04 Å². The van der Waals surface area contributed by atoms with Crippen LogP contribution in [-0.2, 0) is 0 Å². The lowest BCUT2D eigenvalue weighted by atomic mass is 9.99. The number of ether oxygens (including phenoxy) is 2. The number of rotatable bonds is 6. The molecule has 0 saturated heterocycles. The van der Waals surface area contributed by atoms with Crippen LogP contribution in [0.3, 0.4) is 0 Å². The monoisotopic (exact) mass is 238 g/mol. The van der Waals surface area contributed by atoms with Gasteiger partial charge in [0.25, 0.3) is 0 Å². The summed E-state index contributed by atoms with van der Waals surface area (Å²) < 4.78 is 10.8. The molecule has 4 N–H and O–H groups in total. The van der Waals surface area contributed by atoms with E-state index in [1.165, 1.54) is 0 Å². The molecule has 96 valence electrons. The molecule has 0 bridgehead atoms. The third-order valence-corrected chi connectivity index (χ3v) is 2.78. The molecule has 1 rings (SSSR count). The van der Waals surface area contributed by atoms with Gasteiger partial charge in [-0.2, -0.15) is 0 Å². The Hall–Kier alpha value is -1.26. The number of methoxy groups -OCH3 is 2. The summed E-state index contributed by atoms with van der Waals surface area (Å²) in [4.78, 5) is 0. The second-order valence-corrected chi connectivity index (χ2v) is 4.12. The van der Waals surface area contributed by atoms with E-state index >= 15 is 0 Å². The van der Waals surface area contributed by atoms with E-state index in [4.69, 9.17) is 20.9 Å². The van der Waals surface area contributed by atoms with Crippen molar-refractivity contribution in [2.24, 2.45) is 11.5 Å². The summed E-state index contributed by atoms with van der Waals surface area (Å²) in [7, 11) is 3.29. The third kappa shape index (κ3) is 3.35. The highest BCUT2D eigenvalue weighted by Crippen LogP contribution is 2.36. The molecule has 0 spiro atoms.